The third kappa shape index (κ3) is 3.04. The third-order valence-electron chi connectivity index (χ3n) is 4.88. The first-order valence-corrected chi connectivity index (χ1v) is 8.25. The number of para-hydroxylation sites is 1. The molecule has 0 spiro atoms. The zero-order valence-electron chi connectivity index (χ0n) is 13.1. The van der Waals surface area contributed by atoms with E-state index < -0.39 is 0 Å². The molecule has 4 rings (SSSR count). The molecule has 2 aromatic carbocycles. The molecule has 0 unspecified atom stereocenters. The largest absolute Gasteiger partial charge is 0.492 e. The van der Waals surface area contributed by atoms with E-state index in [4.69, 9.17) is 4.74 Å². The lowest BCUT2D eigenvalue weighted by molar-refractivity contribution is 0.113. The van der Waals surface area contributed by atoms with Gasteiger partial charge in [0.15, 0.2) is 0 Å². The number of piperazine rings is 1. The van der Waals surface area contributed by atoms with Crippen molar-refractivity contribution in [3.63, 3.8) is 0 Å². The molecule has 120 valence electrons. The van der Waals surface area contributed by atoms with Gasteiger partial charge in [0.05, 0.1) is 0 Å². The number of rotatable bonds is 2. The smallest absolute Gasteiger partial charge is 0.123 e. The molecular formula is C19H21FN2O. The van der Waals surface area contributed by atoms with Gasteiger partial charge >= 0.3 is 0 Å². The summed E-state index contributed by atoms with van der Waals surface area (Å²) in [7, 11) is 0. The summed E-state index contributed by atoms with van der Waals surface area (Å²) in [6, 6.07) is 15.6. The number of benzene rings is 2. The van der Waals surface area contributed by atoms with E-state index in [1.807, 2.05) is 18.2 Å². The zero-order valence-corrected chi connectivity index (χ0v) is 13.1. The Morgan fingerprint density at radius 1 is 0.913 bits per heavy atom. The standard InChI is InChI=1S/C19H21FN2O/c20-16-5-7-17(8-6-16)21-9-11-22(12-10-21)18-13-15-3-1-2-4-19(15)23-14-18/h1-8,18H,9-14H2/t18-/m1/s1. The second-order valence-electron chi connectivity index (χ2n) is 6.28. The predicted molar refractivity (Wildman–Crippen MR) is 89.6 cm³/mol. The van der Waals surface area contributed by atoms with E-state index in [0.29, 0.717) is 6.04 Å². The Bertz CT molecular complexity index is 665. The molecule has 1 atom stereocenters. The highest BCUT2D eigenvalue weighted by molar-refractivity contribution is 5.46. The topological polar surface area (TPSA) is 15.7 Å². The molecule has 0 bridgehead atoms. The minimum Gasteiger partial charge on any atom is -0.492 e. The Morgan fingerprint density at radius 3 is 2.43 bits per heavy atom. The molecule has 0 aromatic heterocycles. The molecule has 0 N–H and O–H groups in total. The van der Waals surface area contributed by atoms with Crippen LogP contribution in [0.1, 0.15) is 5.56 Å². The molecule has 2 heterocycles. The molecule has 4 heteroatoms. The van der Waals surface area contributed by atoms with Crippen LogP contribution in [0.4, 0.5) is 10.1 Å². The normalized spacial score (nSPS) is 21.6. The van der Waals surface area contributed by atoms with E-state index in [1.165, 1.54) is 17.7 Å². The monoisotopic (exact) mass is 312 g/mol. The minimum absolute atomic E-state index is 0.176. The van der Waals surface area contributed by atoms with Crippen LogP contribution < -0.4 is 9.64 Å². The number of nitrogens with zero attached hydrogens (tertiary/aromatic N) is 2. The Morgan fingerprint density at radius 2 is 1.65 bits per heavy atom. The first kappa shape index (κ1) is 14.5. The summed E-state index contributed by atoms with van der Waals surface area (Å²) in [5, 5.41) is 0. The van der Waals surface area contributed by atoms with Crippen LogP contribution in [0, 0.1) is 5.82 Å². The van der Waals surface area contributed by atoms with Crippen molar-refractivity contribution >= 4 is 5.69 Å². The van der Waals surface area contributed by atoms with Crippen molar-refractivity contribution in [1.82, 2.24) is 4.90 Å². The summed E-state index contributed by atoms with van der Waals surface area (Å²) in [5.74, 6) is 0.860. The lowest BCUT2D eigenvalue weighted by atomic mass is 10.0. The highest BCUT2D eigenvalue weighted by atomic mass is 19.1. The molecule has 1 saturated heterocycles. The fourth-order valence-electron chi connectivity index (χ4n) is 3.54. The van der Waals surface area contributed by atoms with E-state index in [9.17, 15) is 4.39 Å². The second kappa shape index (κ2) is 6.20. The molecule has 2 aromatic rings. The quantitative estimate of drug-likeness (QED) is 0.848. The van der Waals surface area contributed by atoms with Crippen molar-refractivity contribution in [3.05, 3.63) is 59.9 Å². The molecule has 2 aliphatic heterocycles. The third-order valence-corrected chi connectivity index (χ3v) is 4.88. The average molecular weight is 312 g/mol. The zero-order chi connectivity index (χ0) is 15.6. The summed E-state index contributed by atoms with van der Waals surface area (Å²) in [4.78, 5) is 4.85. The maximum atomic E-state index is 13.0. The van der Waals surface area contributed by atoms with Crippen LogP contribution >= 0.6 is 0 Å². The Kier molecular flexibility index (Phi) is 3.92. The predicted octanol–water partition coefficient (Wildman–Crippen LogP) is 2.95. The van der Waals surface area contributed by atoms with Crippen LogP contribution in [0.15, 0.2) is 48.5 Å². The average Bonchev–Trinajstić information content (AvgIpc) is 2.62. The second-order valence-corrected chi connectivity index (χ2v) is 6.28. The van der Waals surface area contributed by atoms with Gasteiger partial charge in [-0.3, -0.25) is 4.90 Å². The number of hydrogen-bond acceptors (Lipinski definition) is 3. The van der Waals surface area contributed by atoms with Gasteiger partial charge in [0.2, 0.25) is 0 Å². The molecule has 0 radical (unpaired) electrons. The maximum Gasteiger partial charge on any atom is 0.123 e. The maximum absolute atomic E-state index is 13.0. The van der Waals surface area contributed by atoms with Crippen molar-refractivity contribution in [1.29, 1.82) is 0 Å². The highest BCUT2D eigenvalue weighted by Gasteiger charge is 2.28. The van der Waals surface area contributed by atoms with Crippen LogP contribution in [0.5, 0.6) is 5.75 Å². The number of anilines is 1. The first-order valence-electron chi connectivity index (χ1n) is 8.25. The molecule has 23 heavy (non-hydrogen) atoms. The van der Waals surface area contributed by atoms with E-state index >= 15 is 0 Å². The Labute approximate surface area is 136 Å². The summed E-state index contributed by atoms with van der Waals surface area (Å²) in [6.07, 6.45) is 1.06. The lowest BCUT2D eigenvalue weighted by Crippen LogP contribution is -2.53. The van der Waals surface area contributed by atoms with Crippen molar-refractivity contribution in [3.8, 4) is 5.75 Å². The van der Waals surface area contributed by atoms with Gasteiger partial charge in [-0.15, -0.1) is 0 Å². The van der Waals surface area contributed by atoms with Crippen LogP contribution in [0.25, 0.3) is 0 Å². The molecule has 1 fully saturated rings. The van der Waals surface area contributed by atoms with Gasteiger partial charge in [0, 0.05) is 37.9 Å². The molecule has 2 aliphatic rings. The van der Waals surface area contributed by atoms with Crippen LogP contribution in [0.3, 0.4) is 0 Å². The fourth-order valence-corrected chi connectivity index (χ4v) is 3.54. The number of halogens is 1. The fraction of sp³-hybridized carbons (Fsp3) is 0.368. The van der Waals surface area contributed by atoms with Gasteiger partial charge in [-0.25, -0.2) is 4.39 Å². The van der Waals surface area contributed by atoms with Crippen molar-refractivity contribution < 1.29 is 9.13 Å². The van der Waals surface area contributed by atoms with E-state index in [2.05, 4.69) is 28.0 Å². The summed E-state index contributed by atoms with van der Waals surface area (Å²) in [6.45, 7) is 4.77. The Hall–Kier alpha value is -2.07. The first-order chi connectivity index (χ1) is 11.3. The summed E-state index contributed by atoms with van der Waals surface area (Å²) >= 11 is 0. The molecule has 3 nitrogen and oxygen atoms in total. The molecule has 0 saturated carbocycles. The van der Waals surface area contributed by atoms with Crippen LogP contribution in [-0.4, -0.2) is 43.7 Å². The molecule has 0 aliphatic carbocycles. The highest BCUT2D eigenvalue weighted by Crippen LogP contribution is 2.27. The summed E-state index contributed by atoms with van der Waals surface area (Å²) in [5.41, 5.74) is 2.42. The van der Waals surface area contributed by atoms with Gasteiger partial charge in [0.1, 0.15) is 18.2 Å². The van der Waals surface area contributed by atoms with Gasteiger partial charge in [-0.05, 0) is 42.3 Å². The summed E-state index contributed by atoms with van der Waals surface area (Å²) < 4.78 is 19.0. The minimum atomic E-state index is -0.176. The number of hydrogen-bond donors (Lipinski definition) is 0. The van der Waals surface area contributed by atoms with Crippen molar-refractivity contribution in [2.24, 2.45) is 0 Å². The molecular weight excluding hydrogens is 291 g/mol. The van der Waals surface area contributed by atoms with Crippen LogP contribution in [0.2, 0.25) is 0 Å². The van der Waals surface area contributed by atoms with Crippen LogP contribution in [-0.2, 0) is 6.42 Å². The van der Waals surface area contributed by atoms with Gasteiger partial charge in [-0.2, -0.15) is 0 Å². The van der Waals surface area contributed by atoms with Crippen molar-refractivity contribution in [2.45, 2.75) is 12.5 Å². The van der Waals surface area contributed by atoms with Gasteiger partial charge in [-0.1, -0.05) is 18.2 Å². The lowest BCUT2D eigenvalue weighted by Gasteiger charge is -2.41. The van der Waals surface area contributed by atoms with Gasteiger partial charge < -0.3 is 9.64 Å². The number of ether oxygens (including phenoxy) is 1. The van der Waals surface area contributed by atoms with E-state index in [-0.39, 0.29) is 5.82 Å². The molecule has 0 amide bonds. The van der Waals surface area contributed by atoms with E-state index in [1.54, 1.807) is 0 Å². The number of fused-ring (bicyclic) bond motifs is 1. The van der Waals surface area contributed by atoms with Gasteiger partial charge in [0.25, 0.3) is 0 Å². The van der Waals surface area contributed by atoms with Crippen molar-refractivity contribution in [2.75, 3.05) is 37.7 Å². The van der Waals surface area contributed by atoms with E-state index in [0.717, 1.165) is 50.6 Å². The Balaban J connectivity index is 1.38. The SMILES string of the molecule is Fc1ccc(N2CCN([C@H]3COc4ccccc4C3)CC2)cc1.